The van der Waals surface area contributed by atoms with Crippen LogP contribution in [0.1, 0.15) is 39.5 Å². The van der Waals surface area contributed by atoms with Crippen molar-refractivity contribution in [3.63, 3.8) is 0 Å². The largest absolute Gasteiger partial charge is 0.302 e. The van der Waals surface area contributed by atoms with Crippen molar-refractivity contribution in [2.24, 2.45) is 16.8 Å². The summed E-state index contributed by atoms with van der Waals surface area (Å²) in [5, 5.41) is 0. The van der Waals surface area contributed by atoms with Crippen molar-refractivity contribution in [3.8, 4) is 0 Å². The van der Waals surface area contributed by atoms with E-state index in [0.29, 0.717) is 19.5 Å². The Labute approximate surface area is 132 Å². The predicted octanol–water partition coefficient (Wildman–Crippen LogP) is 1.09. The maximum atomic E-state index is 12.7. The van der Waals surface area contributed by atoms with Crippen molar-refractivity contribution in [2.75, 3.05) is 25.9 Å². The van der Waals surface area contributed by atoms with Gasteiger partial charge < -0.3 is 4.90 Å². The fourth-order valence-electron chi connectivity index (χ4n) is 4.19. The summed E-state index contributed by atoms with van der Waals surface area (Å²) in [4.78, 5) is 19.0. The molecule has 124 valence electrons. The van der Waals surface area contributed by atoms with Gasteiger partial charge in [-0.3, -0.25) is 9.79 Å². The average molecular weight is 327 g/mol. The van der Waals surface area contributed by atoms with Gasteiger partial charge in [0.25, 0.3) is 5.91 Å². The molecule has 1 saturated carbocycles. The molecule has 22 heavy (non-hydrogen) atoms. The van der Waals surface area contributed by atoms with Gasteiger partial charge >= 0.3 is 0 Å². The van der Waals surface area contributed by atoms with Gasteiger partial charge in [0.2, 0.25) is 10.0 Å². The number of carbonyl (C=O) groups excluding carboxylic acids is 1. The van der Waals surface area contributed by atoms with E-state index in [1.807, 2.05) is 13.8 Å². The summed E-state index contributed by atoms with van der Waals surface area (Å²) in [5.41, 5.74) is -0.696. The number of sulfonamides is 1. The van der Waals surface area contributed by atoms with Crippen molar-refractivity contribution in [1.29, 1.82) is 0 Å². The number of hydrogen-bond acceptors (Lipinski definition) is 4. The molecule has 3 rings (SSSR count). The lowest BCUT2D eigenvalue weighted by Crippen LogP contribution is -2.45. The van der Waals surface area contributed by atoms with Crippen LogP contribution in [0.4, 0.5) is 0 Å². The van der Waals surface area contributed by atoms with Gasteiger partial charge in [0.1, 0.15) is 11.4 Å². The van der Waals surface area contributed by atoms with E-state index in [9.17, 15) is 13.2 Å². The number of amidine groups is 1. The highest BCUT2D eigenvalue weighted by atomic mass is 32.2. The smallest absolute Gasteiger partial charge is 0.255 e. The second-order valence-electron chi connectivity index (χ2n) is 6.84. The first-order valence-electron chi connectivity index (χ1n) is 8.14. The lowest BCUT2D eigenvalue weighted by molar-refractivity contribution is -0.131. The van der Waals surface area contributed by atoms with E-state index in [1.54, 1.807) is 16.3 Å². The second-order valence-corrected chi connectivity index (χ2v) is 8.93. The fraction of sp³-hybridized carbons (Fsp3) is 0.867. The number of amides is 1. The summed E-state index contributed by atoms with van der Waals surface area (Å²) in [6.07, 6.45) is 3.21. The summed E-state index contributed by atoms with van der Waals surface area (Å²) in [5.74, 6) is 1.31. The van der Waals surface area contributed by atoms with Crippen LogP contribution in [0.2, 0.25) is 0 Å². The molecule has 0 aromatic carbocycles. The zero-order valence-electron chi connectivity index (χ0n) is 13.6. The maximum absolute atomic E-state index is 12.7. The van der Waals surface area contributed by atoms with Crippen LogP contribution in [0.3, 0.4) is 0 Å². The van der Waals surface area contributed by atoms with Crippen LogP contribution in [-0.4, -0.2) is 60.8 Å². The summed E-state index contributed by atoms with van der Waals surface area (Å²) in [7, 11) is -1.44. The minimum absolute atomic E-state index is 0.0382. The molecule has 6 nitrogen and oxygen atoms in total. The van der Waals surface area contributed by atoms with Gasteiger partial charge in [0.15, 0.2) is 0 Å². The molecule has 0 unspecified atom stereocenters. The summed E-state index contributed by atoms with van der Waals surface area (Å²) in [6, 6.07) is 0. The lowest BCUT2D eigenvalue weighted by atomic mass is 9.85. The Morgan fingerprint density at radius 1 is 1.36 bits per heavy atom. The quantitative estimate of drug-likeness (QED) is 0.776. The van der Waals surface area contributed by atoms with Crippen LogP contribution < -0.4 is 0 Å². The summed E-state index contributed by atoms with van der Waals surface area (Å²) in [6.45, 7) is 4.86. The lowest BCUT2D eigenvalue weighted by Gasteiger charge is -2.27. The minimum Gasteiger partial charge on any atom is -0.302 e. The zero-order valence-corrected chi connectivity index (χ0v) is 14.4. The van der Waals surface area contributed by atoms with Gasteiger partial charge in [-0.2, -0.15) is 0 Å². The predicted molar refractivity (Wildman–Crippen MR) is 85.1 cm³/mol. The number of aliphatic imine (C=N–C) groups is 1. The van der Waals surface area contributed by atoms with Crippen molar-refractivity contribution < 1.29 is 13.2 Å². The topological polar surface area (TPSA) is 70.1 Å². The highest BCUT2D eigenvalue weighted by Gasteiger charge is 2.61. The molecule has 2 aliphatic heterocycles. The van der Waals surface area contributed by atoms with Crippen LogP contribution in [0, 0.1) is 11.8 Å². The molecule has 0 aromatic heterocycles. The Hall–Kier alpha value is -0.950. The van der Waals surface area contributed by atoms with E-state index in [4.69, 9.17) is 0 Å². The Kier molecular flexibility index (Phi) is 3.84. The molecule has 1 aliphatic carbocycles. The van der Waals surface area contributed by atoms with E-state index < -0.39 is 15.6 Å². The van der Waals surface area contributed by atoms with Crippen LogP contribution in [-0.2, 0) is 14.8 Å². The molecule has 0 N–H and O–H groups in total. The number of nitrogens with zero attached hydrogens (tertiary/aromatic N) is 3. The van der Waals surface area contributed by atoms with E-state index in [1.165, 1.54) is 0 Å². The van der Waals surface area contributed by atoms with Gasteiger partial charge in [-0.25, -0.2) is 12.7 Å². The molecule has 0 bridgehead atoms. The molecular weight excluding hydrogens is 302 g/mol. The Morgan fingerprint density at radius 3 is 2.68 bits per heavy atom. The highest BCUT2D eigenvalue weighted by Crippen LogP contribution is 2.50. The van der Waals surface area contributed by atoms with Gasteiger partial charge in [-0.1, -0.05) is 13.3 Å². The van der Waals surface area contributed by atoms with Crippen molar-refractivity contribution in [1.82, 2.24) is 9.21 Å². The molecule has 3 aliphatic rings. The Bertz CT molecular complexity index is 616. The first kappa shape index (κ1) is 15.9. The van der Waals surface area contributed by atoms with Crippen LogP contribution >= 0.6 is 0 Å². The number of rotatable bonds is 4. The Balaban J connectivity index is 1.82. The van der Waals surface area contributed by atoms with Gasteiger partial charge in [-0.05, 0) is 32.1 Å². The number of fused-ring (bicyclic) bond motifs is 2. The SMILES string of the molecule is CCCCS(=O)(=O)N1C[C@H]2CC[C@@]3(N=C(C)N(C)C3=O)[C@H]2C1. The van der Waals surface area contributed by atoms with Crippen LogP contribution in [0.25, 0.3) is 0 Å². The molecule has 2 heterocycles. The van der Waals surface area contributed by atoms with Crippen molar-refractivity contribution in [2.45, 2.75) is 45.1 Å². The number of carbonyl (C=O) groups is 1. The van der Waals surface area contributed by atoms with Crippen LogP contribution in [0.5, 0.6) is 0 Å². The third kappa shape index (κ3) is 2.21. The third-order valence-electron chi connectivity index (χ3n) is 5.59. The molecule has 3 atom stereocenters. The van der Waals surface area contributed by atoms with E-state index in [2.05, 4.69) is 4.99 Å². The monoisotopic (exact) mass is 327 g/mol. The second kappa shape index (κ2) is 5.30. The molecule has 1 spiro atoms. The van der Waals surface area contributed by atoms with Gasteiger partial charge in [0, 0.05) is 26.1 Å². The number of unbranched alkanes of at least 4 members (excludes halogenated alkanes) is 1. The average Bonchev–Trinajstić information content (AvgIpc) is 3.10. The first-order chi connectivity index (χ1) is 10.3. The third-order valence-corrected chi connectivity index (χ3v) is 7.48. The highest BCUT2D eigenvalue weighted by molar-refractivity contribution is 7.89. The maximum Gasteiger partial charge on any atom is 0.255 e. The van der Waals surface area contributed by atoms with Crippen LogP contribution in [0.15, 0.2) is 4.99 Å². The molecule has 2 fully saturated rings. The van der Waals surface area contributed by atoms with E-state index >= 15 is 0 Å². The zero-order chi connectivity index (χ0) is 16.1. The molecule has 0 aromatic rings. The summed E-state index contributed by atoms with van der Waals surface area (Å²) < 4.78 is 26.5. The first-order valence-corrected chi connectivity index (χ1v) is 9.75. The molecule has 7 heteroatoms. The van der Waals surface area contributed by atoms with Crippen molar-refractivity contribution >= 4 is 21.8 Å². The molecule has 1 amide bonds. The van der Waals surface area contributed by atoms with E-state index in [-0.39, 0.29) is 23.5 Å². The normalized spacial score (nSPS) is 35.5. The summed E-state index contributed by atoms with van der Waals surface area (Å²) >= 11 is 0. The van der Waals surface area contributed by atoms with Gasteiger partial charge in [0.05, 0.1) is 5.75 Å². The minimum atomic E-state index is -3.19. The standard InChI is InChI=1S/C15H25N3O3S/c1-4-5-8-22(20,21)18-9-12-6-7-15(13(12)10-18)14(19)17(3)11(2)16-15/h12-13H,4-10H2,1-3H3/t12-,13+,15-/m1/s1. The Morgan fingerprint density at radius 2 is 2.09 bits per heavy atom. The molecule has 1 saturated heterocycles. The molecular formula is C15H25N3O3S. The molecule has 0 radical (unpaired) electrons. The number of likely N-dealkylation sites (N-methyl/N-ethyl adjacent to an activating group) is 1. The van der Waals surface area contributed by atoms with Crippen molar-refractivity contribution in [3.05, 3.63) is 0 Å². The van der Waals surface area contributed by atoms with E-state index in [0.717, 1.165) is 25.1 Å². The fourth-order valence-corrected chi connectivity index (χ4v) is 5.91. The van der Waals surface area contributed by atoms with Gasteiger partial charge in [-0.15, -0.1) is 0 Å². The number of hydrogen-bond donors (Lipinski definition) is 0.